The molecule has 19 heavy (non-hydrogen) atoms. The number of hydrogen-bond donors (Lipinski definition) is 2. The fraction of sp³-hybridized carbons (Fsp3) is 0.600. The molecule has 0 aliphatic carbocycles. The van der Waals surface area contributed by atoms with E-state index in [0.29, 0.717) is 32.3 Å². The van der Waals surface area contributed by atoms with Gasteiger partial charge in [0.15, 0.2) is 0 Å². The van der Waals surface area contributed by atoms with E-state index in [-0.39, 0.29) is 0 Å². The molecule has 0 heterocycles. The Morgan fingerprint density at radius 1 is 1.16 bits per heavy atom. The monoisotopic (exact) mass is 266 g/mol. The summed E-state index contributed by atoms with van der Waals surface area (Å²) in [4.78, 5) is 0. The molecule has 0 aliphatic heterocycles. The quantitative estimate of drug-likeness (QED) is 0.634. The molecule has 0 unspecified atom stereocenters. The third kappa shape index (κ3) is 7.15. The van der Waals surface area contributed by atoms with Crippen molar-refractivity contribution < 1.29 is 9.47 Å². The lowest BCUT2D eigenvalue weighted by Crippen LogP contribution is -2.26. The summed E-state index contributed by atoms with van der Waals surface area (Å²) >= 11 is 0. The van der Waals surface area contributed by atoms with Crippen LogP contribution in [0, 0.1) is 0 Å². The Morgan fingerprint density at radius 2 is 2.00 bits per heavy atom. The molecule has 0 amide bonds. The molecule has 1 rings (SSSR count). The fourth-order valence-electron chi connectivity index (χ4n) is 1.66. The number of benzene rings is 1. The van der Waals surface area contributed by atoms with E-state index in [1.54, 1.807) is 0 Å². The predicted octanol–water partition coefficient (Wildman–Crippen LogP) is 1.75. The Bertz CT molecular complexity index is 343. The predicted molar refractivity (Wildman–Crippen MR) is 78.8 cm³/mol. The summed E-state index contributed by atoms with van der Waals surface area (Å²) < 4.78 is 11.1. The van der Waals surface area contributed by atoms with Crippen molar-refractivity contribution in [1.29, 1.82) is 0 Å². The van der Waals surface area contributed by atoms with Gasteiger partial charge in [-0.15, -0.1) is 0 Å². The molecule has 0 bridgehead atoms. The average molecular weight is 266 g/mol. The van der Waals surface area contributed by atoms with Crippen molar-refractivity contribution in [1.82, 2.24) is 5.32 Å². The lowest BCUT2D eigenvalue weighted by atomic mass is 10.0. The molecule has 4 nitrogen and oxygen atoms in total. The third-order valence-corrected chi connectivity index (χ3v) is 2.77. The summed E-state index contributed by atoms with van der Waals surface area (Å²) in [6, 6.07) is 8.22. The van der Waals surface area contributed by atoms with Crippen LogP contribution >= 0.6 is 0 Å². The van der Waals surface area contributed by atoms with Gasteiger partial charge in [-0.3, -0.25) is 0 Å². The van der Waals surface area contributed by atoms with Crippen LogP contribution in [-0.4, -0.2) is 39.5 Å². The third-order valence-electron chi connectivity index (χ3n) is 2.77. The van der Waals surface area contributed by atoms with Gasteiger partial charge < -0.3 is 20.5 Å². The second-order valence-electron chi connectivity index (χ2n) is 4.73. The van der Waals surface area contributed by atoms with E-state index in [2.05, 4.69) is 31.3 Å². The maximum Gasteiger partial charge on any atom is 0.119 e. The first kappa shape index (κ1) is 16.0. The van der Waals surface area contributed by atoms with Crippen LogP contribution in [-0.2, 0) is 4.74 Å². The minimum atomic E-state index is 0.522. The van der Waals surface area contributed by atoms with Gasteiger partial charge in [0.2, 0.25) is 0 Å². The summed E-state index contributed by atoms with van der Waals surface area (Å²) in [6.07, 6.45) is 0. The van der Waals surface area contributed by atoms with Crippen LogP contribution in [0.15, 0.2) is 24.3 Å². The zero-order chi connectivity index (χ0) is 13.9. The minimum Gasteiger partial charge on any atom is -0.491 e. The standard InChI is InChI=1S/C15H26N2O2/c1-13(2)14-4-3-5-15(12-14)19-11-10-18-9-8-17-7-6-16/h3-5,12-13,17H,6-11,16H2,1-2H3. The van der Waals surface area contributed by atoms with Crippen molar-refractivity contribution in [3.05, 3.63) is 29.8 Å². The minimum absolute atomic E-state index is 0.522. The molecule has 3 N–H and O–H groups in total. The second kappa shape index (κ2) is 9.78. The van der Waals surface area contributed by atoms with Gasteiger partial charge >= 0.3 is 0 Å². The molecule has 0 saturated heterocycles. The molecule has 0 atom stereocenters. The Morgan fingerprint density at radius 3 is 2.74 bits per heavy atom. The normalized spacial score (nSPS) is 10.9. The van der Waals surface area contributed by atoms with Crippen LogP contribution in [0.25, 0.3) is 0 Å². The molecular formula is C15H26N2O2. The Hall–Kier alpha value is -1.10. The van der Waals surface area contributed by atoms with Crippen molar-refractivity contribution in [2.75, 3.05) is 39.5 Å². The van der Waals surface area contributed by atoms with Gasteiger partial charge in [-0.1, -0.05) is 26.0 Å². The van der Waals surface area contributed by atoms with E-state index in [1.165, 1.54) is 5.56 Å². The number of ether oxygens (including phenoxy) is 2. The van der Waals surface area contributed by atoms with Gasteiger partial charge in [-0.2, -0.15) is 0 Å². The number of hydrogen-bond acceptors (Lipinski definition) is 4. The first-order valence-corrected chi connectivity index (χ1v) is 6.95. The summed E-state index contributed by atoms with van der Waals surface area (Å²) in [5.74, 6) is 1.43. The SMILES string of the molecule is CC(C)c1cccc(OCCOCCNCCN)c1. The van der Waals surface area contributed by atoms with E-state index >= 15 is 0 Å². The average Bonchev–Trinajstić information content (AvgIpc) is 2.42. The topological polar surface area (TPSA) is 56.5 Å². The van der Waals surface area contributed by atoms with E-state index < -0.39 is 0 Å². The van der Waals surface area contributed by atoms with Crippen LogP contribution in [0.3, 0.4) is 0 Å². The highest BCUT2D eigenvalue weighted by atomic mass is 16.5. The second-order valence-corrected chi connectivity index (χ2v) is 4.73. The molecule has 1 aromatic carbocycles. The van der Waals surface area contributed by atoms with Crippen molar-refractivity contribution in [2.24, 2.45) is 5.73 Å². The highest BCUT2D eigenvalue weighted by Crippen LogP contribution is 2.19. The molecule has 0 saturated carbocycles. The van der Waals surface area contributed by atoms with Gasteiger partial charge in [0.25, 0.3) is 0 Å². The number of nitrogens with one attached hydrogen (secondary N) is 1. The highest BCUT2D eigenvalue weighted by molar-refractivity contribution is 5.30. The summed E-state index contributed by atoms with van der Waals surface area (Å²) in [5.41, 5.74) is 6.66. The van der Waals surface area contributed by atoms with E-state index in [1.807, 2.05) is 12.1 Å². The van der Waals surface area contributed by atoms with Crippen molar-refractivity contribution in [3.63, 3.8) is 0 Å². The molecule has 0 radical (unpaired) electrons. The lowest BCUT2D eigenvalue weighted by molar-refractivity contribution is 0.102. The summed E-state index contributed by atoms with van der Waals surface area (Å²) in [7, 11) is 0. The van der Waals surface area contributed by atoms with Crippen molar-refractivity contribution in [2.45, 2.75) is 19.8 Å². The lowest BCUT2D eigenvalue weighted by Gasteiger charge is -2.10. The molecule has 0 aromatic heterocycles. The molecule has 0 aliphatic rings. The number of rotatable bonds is 10. The Labute approximate surface area is 116 Å². The van der Waals surface area contributed by atoms with Gasteiger partial charge in [-0.25, -0.2) is 0 Å². The van der Waals surface area contributed by atoms with E-state index in [9.17, 15) is 0 Å². The first-order valence-electron chi connectivity index (χ1n) is 6.95. The van der Waals surface area contributed by atoms with Crippen LogP contribution in [0.4, 0.5) is 0 Å². The summed E-state index contributed by atoms with van der Waals surface area (Å²) in [6.45, 7) is 8.56. The van der Waals surface area contributed by atoms with Crippen LogP contribution in [0.5, 0.6) is 5.75 Å². The van der Waals surface area contributed by atoms with Crippen LogP contribution < -0.4 is 15.8 Å². The fourth-order valence-corrected chi connectivity index (χ4v) is 1.66. The van der Waals surface area contributed by atoms with Crippen molar-refractivity contribution >= 4 is 0 Å². The maximum absolute atomic E-state index is 5.66. The largest absolute Gasteiger partial charge is 0.491 e. The highest BCUT2D eigenvalue weighted by Gasteiger charge is 2.00. The molecule has 0 fully saturated rings. The van der Waals surface area contributed by atoms with Gasteiger partial charge in [0, 0.05) is 19.6 Å². The summed E-state index contributed by atoms with van der Waals surface area (Å²) in [5, 5.41) is 3.17. The van der Waals surface area contributed by atoms with Gasteiger partial charge in [0.05, 0.1) is 13.2 Å². The van der Waals surface area contributed by atoms with Gasteiger partial charge in [0.1, 0.15) is 12.4 Å². The zero-order valence-corrected chi connectivity index (χ0v) is 12.0. The molecule has 0 spiro atoms. The van der Waals surface area contributed by atoms with Gasteiger partial charge in [-0.05, 0) is 23.6 Å². The zero-order valence-electron chi connectivity index (χ0n) is 12.0. The smallest absolute Gasteiger partial charge is 0.119 e. The van der Waals surface area contributed by atoms with E-state index in [0.717, 1.165) is 18.8 Å². The molecule has 1 aromatic rings. The van der Waals surface area contributed by atoms with Crippen LogP contribution in [0.1, 0.15) is 25.3 Å². The van der Waals surface area contributed by atoms with Crippen LogP contribution in [0.2, 0.25) is 0 Å². The Balaban J connectivity index is 2.10. The molecule has 4 heteroatoms. The molecule has 108 valence electrons. The number of nitrogens with two attached hydrogens (primary N) is 1. The van der Waals surface area contributed by atoms with Crippen molar-refractivity contribution in [3.8, 4) is 5.75 Å². The first-order chi connectivity index (χ1) is 9.24. The van der Waals surface area contributed by atoms with E-state index in [4.69, 9.17) is 15.2 Å². The Kier molecular flexibility index (Phi) is 8.21. The molecular weight excluding hydrogens is 240 g/mol. The maximum atomic E-state index is 5.66.